The van der Waals surface area contributed by atoms with Crippen molar-refractivity contribution in [3.8, 4) is 0 Å². The number of benzene rings is 1. The summed E-state index contributed by atoms with van der Waals surface area (Å²) in [6, 6.07) is 12.0. The molecular weight excluding hydrogens is 661 g/mol. The van der Waals surface area contributed by atoms with Crippen molar-refractivity contribution in [2.24, 2.45) is 5.92 Å². The van der Waals surface area contributed by atoms with Gasteiger partial charge in [0.1, 0.15) is 23.5 Å². The Hall–Kier alpha value is -4.12. The fourth-order valence-electron chi connectivity index (χ4n) is 6.78. The summed E-state index contributed by atoms with van der Waals surface area (Å²) < 4.78 is 14.9. The third-order valence-corrected chi connectivity index (χ3v) is 10.6. The number of aryl methyl sites for hydroxylation is 1. The van der Waals surface area contributed by atoms with E-state index in [0.717, 1.165) is 83.5 Å². The highest BCUT2D eigenvalue weighted by Crippen LogP contribution is 2.40. The van der Waals surface area contributed by atoms with Gasteiger partial charge in [0.15, 0.2) is 5.82 Å². The number of nitrogens with one attached hydrogen (secondary N) is 1. The second-order valence-electron chi connectivity index (χ2n) is 16.0. The topological polar surface area (TPSA) is 102 Å². The fraction of sp³-hybridized carbons (Fsp3) is 0.550. The number of carbonyl (C=O) groups excluding carboxylic acids is 2. The van der Waals surface area contributed by atoms with Crippen molar-refractivity contribution < 1.29 is 19.1 Å². The van der Waals surface area contributed by atoms with Crippen LogP contribution in [0.2, 0.25) is 0 Å². The summed E-state index contributed by atoms with van der Waals surface area (Å²) in [5.41, 5.74) is 4.54. The van der Waals surface area contributed by atoms with Crippen LogP contribution in [-0.4, -0.2) is 73.8 Å². The van der Waals surface area contributed by atoms with Gasteiger partial charge < -0.3 is 29.2 Å². The van der Waals surface area contributed by atoms with Gasteiger partial charge in [0.25, 0.3) is 0 Å². The molecule has 0 unspecified atom stereocenters. The van der Waals surface area contributed by atoms with Gasteiger partial charge in [-0.1, -0.05) is 49.8 Å². The molecule has 1 fully saturated rings. The first-order valence-electron chi connectivity index (χ1n) is 18.5. The SMILES string of the molecule is CCCCc1nc2c(NC(C)(C)C)nc3cc(C4=CCN(C(=O)OCc5ccccc5)CC4)sc3c2n1CC1CCN(C(=O)OC(C)(C)C)CC1. The number of anilines is 1. The summed E-state index contributed by atoms with van der Waals surface area (Å²) in [5.74, 6) is 2.33. The lowest BCUT2D eigenvalue weighted by atomic mass is 9.96. The average molecular weight is 715 g/mol. The van der Waals surface area contributed by atoms with Crippen LogP contribution in [0.1, 0.15) is 96.8 Å². The van der Waals surface area contributed by atoms with E-state index in [4.69, 9.17) is 19.4 Å². The smallest absolute Gasteiger partial charge is 0.410 e. The number of amides is 2. The summed E-state index contributed by atoms with van der Waals surface area (Å²) in [6.07, 6.45) is 7.29. The highest BCUT2D eigenvalue weighted by molar-refractivity contribution is 7.21. The normalized spacial score (nSPS) is 16.1. The van der Waals surface area contributed by atoms with E-state index in [1.807, 2.05) is 56.0 Å². The third kappa shape index (κ3) is 9.04. The molecule has 1 aromatic carbocycles. The largest absolute Gasteiger partial charge is 0.445 e. The van der Waals surface area contributed by atoms with Crippen LogP contribution in [0.15, 0.2) is 42.5 Å². The number of rotatable bonds is 9. The number of aromatic nitrogens is 3. The van der Waals surface area contributed by atoms with E-state index >= 15 is 0 Å². The van der Waals surface area contributed by atoms with Crippen LogP contribution in [-0.2, 0) is 29.0 Å². The number of fused-ring (bicyclic) bond motifs is 3. The van der Waals surface area contributed by atoms with Crippen LogP contribution in [0.4, 0.5) is 15.4 Å². The zero-order valence-corrected chi connectivity index (χ0v) is 32.2. The molecule has 0 spiro atoms. The highest BCUT2D eigenvalue weighted by Gasteiger charge is 2.30. The zero-order chi connectivity index (χ0) is 36.3. The highest BCUT2D eigenvalue weighted by atomic mass is 32.1. The fourth-order valence-corrected chi connectivity index (χ4v) is 8.00. The lowest BCUT2D eigenvalue weighted by Gasteiger charge is -2.33. The summed E-state index contributed by atoms with van der Waals surface area (Å²) in [6.45, 7) is 18.0. The molecule has 2 amide bonds. The molecule has 51 heavy (non-hydrogen) atoms. The van der Waals surface area contributed by atoms with E-state index in [2.05, 4.69) is 49.7 Å². The number of hydrogen-bond acceptors (Lipinski definition) is 8. The van der Waals surface area contributed by atoms with Crippen molar-refractivity contribution in [3.05, 3.63) is 58.7 Å². The number of pyridine rings is 1. The zero-order valence-electron chi connectivity index (χ0n) is 31.4. The molecule has 3 aromatic heterocycles. The first-order valence-corrected chi connectivity index (χ1v) is 19.3. The predicted octanol–water partition coefficient (Wildman–Crippen LogP) is 9.27. The average Bonchev–Trinajstić information content (AvgIpc) is 3.67. The van der Waals surface area contributed by atoms with Crippen molar-refractivity contribution >= 4 is 56.2 Å². The minimum Gasteiger partial charge on any atom is -0.445 e. The first-order chi connectivity index (χ1) is 24.3. The molecule has 1 saturated heterocycles. The van der Waals surface area contributed by atoms with E-state index in [1.165, 1.54) is 10.5 Å². The summed E-state index contributed by atoms with van der Waals surface area (Å²) >= 11 is 1.78. The van der Waals surface area contributed by atoms with E-state index in [1.54, 1.807) is 16.2 Å². The Morgan fingerprint density at radius 3 is 2.37 bits per heavy atom. The van der Waals surface area contributed by atoms with Crippen LogP contribution in [0.5, 0.6) is 0 Å². The Labute approximate surface area is 306 Å². The summed E-state index contributed by atoms with van der Waals surface area (Å²) in [5, 5.41) is 3.67. The van der Waals surface area contributed by atoms with Crippen molar-refractivity contribution in [1.82, 2.24) is 24.3 Å². The van der Waals surface area contributed by atoms with Crippen LogP contribution < -0.4 is 5.32 Å². The van der Waals surface area contributed by atoms with Gasteiger partial charge in [-0.25, -0.2) is 19.6 Å². The number of ether oxygens (including phenoxy) is 2. The van der Waals surface area contributed by atoms with Gasteiger partial charge in [-0.05, 0) is 90.3 Å². The number of likely N-dealkylation sites (tertiary alicyclic amines) is 1. The second kappa shape index (κ2) is 15.2. The molecule has 10 nitrogen and oxygen atoms in total. The standard InChI is InChI=1S/C40H54N6O4S/c1-8-9-15-32-42-33-34(46(32)25-27-16-20-45(21-17-27)38(48)50-40(5,6)7)35-30(41-36(33)43-39(2,3)4)24-31(51-35)29-18-22-44(23-19-29)37(47)49-26-28-13-11-10-12-14-28/h10-14,18,24,27H,8-9,15-17,19-23,25-26H2,1-7H3,(H,41,43). The van der Waals surface area contributed by atoms with Gasteiger partial charge in [-0.15, -0.1) is 11.3 Å². The lowest BCUT2D eigenvalue weighted by Crippen LogP contribution is -2.42. The molecule has 6 rings (SSSR count). The van der Waals surface area contributed by atoms with Gasteiger partial charge in [-0.2, -0.15) is 0 Å². The van der Waals surface area contributed by atoms with E-state index in [0.29, 0.717) is 32.1 Å². The Kier molecular flexibility index (Phi) is 11.0. The molecule has 4 aromatic rings. The predicted molar refractivity (Wildman–Crippen MR) is 206 cm³/mol. The van der Waals surface area contributed by atoms with E-state index in [9.17, 15) is 9.59 Å². The minimum atomic E-state index is -0.503. The molecule has 2 aliphatic rings. The Bertz CT molecular complexity index is 1880. The molecule has 5 heterocycles. The van der Waals surface area contributed by atoms with Crippen molar-refractivity contribution in [2.45, 2.75) is 111 Å². The molecule has 1 N–H and O–H groups in total. The van der Waals surface area contributed by atoms with Crippen LogP contribution in [0.3, 0.4) is 0 Å². The molecule has 0 saturated carbocycles. The summed E-state index contributed by atoms with van der Waals surface area (Å²) in [4.78, 5) is 41.0. The molecule has 0 bridgehead atoms. The monoisotopic (exact) mass is 714 g/mol. The maximum absolute atomic E-state index is 12.9. The number of carbonyl (C=O) groups is 2. The lowest BCUT2D eigenvalue weighted by molar-refractivity contribution is 0.0178. The third-order valence-electron chi connectivity index (χ3n) is 9.37. The molecule has 0 atom stereocenters. The van der Waals surface area contributed by atoms with Crippen molar-refractivity contribution in [1.29, 1.82) is 0 Å². The quantitative estimate of drug-likeness (QED) is 0.184. The number of piperidine rings is 1. The molecule has 0 radical (unpaired) electrons. The second-order valence-corrected chi connectivity index (χ2v) is 17.0. The van der Waals surface area contributed by atoms with Crippen LogP contribution >= 0.6 is 11.3 Å². The number of hydrogen-bond donors (Lipinski definition) is 1. The van der Waals surface area contributed by atoms with Gasteiger partial charge >= 0.3 is 12.2 Å². The number of unbranched alkanes of at least 4 members (excludes halogenated alkanes) is 1. The van der Waals surface area contributed by atoms with Gasteiger partial charge in [0.05, 0.1) is 15.7 Å². The number of imidazole rings is 1. The van der Waals surface area contributed by atoms with Gasteiger partial charge in [-0.3, -0.25) is 0 Å². The number of nitrogens with zero attached hydrogens (tertiary/aromatic N) is 5. The molecule has 274 valence electrons. The number of thiophene rings is 1. The maximum Gasteiger partial charge on any atom is 0.410 e. The van der Waals surface area contributed by atoms with Crippen LogP contribution in [0, 0.1) is 5.92 Å². The molecule has 11 heteroatoms. The van der Waals surface area contributed by atoms with Crippen molar-refractivity contribution in [2.75, 3.05) is 31.5 Å². The molecule has 2 aliphatic heterocycles. The Balaban J connectivity index is 1.29. The first kappa shape index (κ1) is 36.7. The minimum absolute atomic E-state index is 0.196. The Morgan fingerprint density at radius 2 is 1.73 bits per heavy atom. The van der Waals surface area contributed by atoms with Crippen molar-refractivity contribution in [3.63, 3.8) is 0 Å². The van der Waals surface area contributed by atoms with Gasteiger partial charge in [0.2, 0.25) is 0 Å². The van der Waals surface area contributed by atoms with E-state index < -0.39 is 5.60 Å². The molecule has 0 aliphatic carbocycles. The summed E-state index contributed by atoms with van der Waals surface area (Å²) in [7, 11) is 0. The van der Waals surface area contributed by atoms with Gasteiger partial charge in [0, 0.05) is 49.6 Å². The van der Waals surface area contributed by atoms with Crippen LogP contribution in [0.25, 0.3) is 26.8 Å². The molecular formula is C40H54N6O4S. The maximum atomic E-state index is 12.9. The Morgan fingerprint density at radius 1 is 0.980 bits per heavy atom. The van der Waals surface area contributed by atoms with E-state index in [-0.39, 0.29) is 24.3 Å².